The van der Waals surface area contributed by atoms with Crippen LogP contribution in [0.1, 0.15) is 32.0 Å². The number of nitrogens with one attached hydrogen (secondary N) is 1. The average molecular weight is 350 g/mol. The van der Waals surface area contributed by atoms with Gasteiger partial charge < -0.3 is 10.1 Å². The number of aromatic nitrogens is 2. The third-order valence-corrected chi connectivity index (χ3v) is 3.30. The summed E-state index contributed by atoms with van der Waals surface area (Å²) in [6, 6.07) is 5.77. The van der Waals surface area contributed by atoms with E-state index >= 15 is 0 Å². The van der Waals surface area contributed by atoms with Gasteiger partial charge in [0.25, 0.3) is 0 Å². The van der Waals surface area contributed by atoms with Crippen LogP contribution in [0.5, 0.6) is 11.6 Å². The van der Waals surface area contributed by atoms with E-state index in [-0.39, 0.29) is 5.54 Å². The minimum atomic E-state index is 0.0316. The molecule has 0 aliphatic heterocycles. The summed E-state index contributed by atoms with van der Waals surface area (Å²) in [5, 5.41) is 3.45. The molecule has 0 radical (unpaired) electrons. The maximum absolute atomic E-state index is 5.93. The van der Waals surface area contributed by atoms with Crippen molar-refractivity contribution < 1.29 is 4.74 Å². The molecule has 0 atom stereocenters. The Labute approximate surface area is 134 Å². The van der Waals surface area contributed by atoms with E-state index < -0.39 is 0 Å². The van der Waals surface area contributed by atoms with Gasteiger partial charge in [0, 0.05) is 34.5 Å². The van der Waals surface area contributed by atoms with Gasteiger partial charge in [-0.3, -0.25) is 4.98 Å². The predicted octanol–water partition coefficient (Wildman–Crippen LogP) is 4.23. The highest BCUT2D eigenvalue weighted by molar-refractivity contribution is 9.10. The molecule has 21 heavy (non-hydrogen) atoms. The average Bonchev–Trinajstić information content (AvgIpc) is 2.40. The fraction of sp³-hybridized carbons (Fsp3) is 0.375. The van der Waals surface area contributed by atoms with Crippen molar-refractivity contribution in [3.05, 3.63) is 46.3 Å². The van der Waals surface area contributed by atoms with Gasteiger partial charge in [-0.1, -0.05) is 0 Å². The fourth-order valence-electron chi connectivity index (χ4n) is 1.73. The molecule has 5 heteroatoms. The van der Waals surface area contributed by atoms with E-state index in [2.05, 4.69) is 52.0 Å². The van der Waals surface area contributed by atoms with Crippen LogP contribution in [0.3, 0.4) is 0 Å². The zero-order valence-corrected chi connectivity index (χ0v) is 14.4. The maximum atomic E-state index is 5.93. The second kappa shape index (κ2) is 6.54. The molecule has 0 aliphatic rings. The molecule has 0 saturated heterocycles. The first kappa shape index (κ1) is 15.9. The summed E-state index contributed by atoms with van der Waals surface area (Å²) in [5.41, 5.74) is 1.88. The zero-order valence-electron chi connectivity index (χ0n) is 12.8. The topological polar surface area (TPSA) is 47.0 Å². The largest absolute Gasteiger partial charge is 0.437 e. The quantitative estimate of drug-likeness (QED) is 0.897. The molecule has 0 spiro atoms. The Morgan fingerprint density at radius 2 is 2.05 bits per heavy atom. The van der Waals surface area contributed by atoms with Crippen molar-refractivity contribution in [2.45, 2.75) is 39.8 Å². The van der Waals surface area contributed by atoms with Gasteiger partial charge in [-0.05, 0) is 61.8 Å². The van der Waals surface area contributed by atoms with E-state index in [1.54, 1.807) is 12.4 Å². The first-order chi connectivity index (χ1) is 9.85. The second-order valence-electron chi connectivity index (χ2n) is 5.91. The van der Waals surface area contributed by atoms with E-state index in [0.29, 0.717) is 12.4 Å². The molecule has 0 unspecified atom stereocenters. The summed E-state index contributed by atoms with van der Waals surface area (Å²) in [4.78, 5) is 8.61. The monoisotopic (exact) mass is 349 g/mol. The standard InChI is InChI=1S/C16H20BrN3O/c1-11-14(6-5-7-18-11)21-15-12(8-13(17)10-19-15)9-20-16(2,3)4/h5-8,10,20H,9H2,1-4H3. The van der Waals surface area contributed by atoms with Crippen molar-refractivity contribution >= 4 is 15.9 Å². The SMILES string of the molecule is Cc1ncccc1Oc1ncc(Br)cc1CNC(C)(C)C. The van der Waals surface area contributed by atoms with Gasteiger partial charge in [-0.15, -0.1) is 0 Å². The number of rotatable bonds is 4. The lowest BCUT2D eigenvalue weighted by molar-refractivity contribution is 0.408. The molecule has 0 amide bonds. The normalized spacial score (nSPS) is 11.5. The summed E-state index contributed by atoms with van der Waals surface area (Å²) >= 11 is 3.46. The lowest BCUT2D eigenvalue weighted by Crippen LogP contribution is -2.35. The highest BCUT2D eigenvalue weighted by atomic mass is 79.9. The highest BCUT2D eigenvalue weighted by Gasteiger charge is 2.13. The molecule has 0 aromatic carbocycles. The Morgan fingerprint density at radius 3 is 2.71 bits per heavy atom. The zero-order chi connectivity index (χ0) is 15.5. The number of nitrogens with zero attached hydrogens (tertiary/aromatic N) is 2. The van der Waals surface area contributed by atoms with Crippen molar-refractivity contribution in [1.82, 2.24) is 15.3 Å². The minimum absolute atomic E-state index is 0.0316. The summed E-state index contributed by atoms with van der Waals surface area (Å²) < 4.78 is 6.86. The van der Waals surface area contributed by atoms with Crippen LogP contribution >= 0.6 is 15.9 Å². The first-order valence-electron chi connectivity index (χ1n) is 6.84. The molecule has 0 bridgehead atoms. The molecule has 112 valence electrons. The molecule has 2 aromatic heterocycles. The molecule has 2 aromatic rings. The van der Waals surface area contributed by atoms with E-state index in [0.717, 1.165) is 21.5 Å². The molecule has 1 N–H and O–H groups in total. The Hall–Kier alpha value is -1.46. The molecular formula is C16H20BrN3O. The maximum Gasteiger partial charge on any atom is 0.223 e. The smallest absolute Gasteiger partial charge is 0.223 e. The number of ether oxygens (including phenoxy) is 1. The Balaban J connectivity index is 2.25. The number of aryl methyl sites for hydroxylation is 1. The molecular weight excluding hydrogens is 330 g/mol. The van der Waals surface area contributed by atoms with Crippen molar-refractivity contribution in [2.24, 2.45) is 0 Å². The van der Waals surface area contributed by atoms with Crippen LogP contribution in [0.2, 0.25) is 0 Å². The molecule has 0 fully saturated rings. The molecule has 0 aliphatic carbocycles. The van der Waals surface area contributed by atoms with Crippen LogP contribution in [-0.2, 0) is 6.54 Å². The van der Waals surface area contributed by atoms with Crippen LogP contribution < -0.4 is 10.1 Å². The van der Waals surface area contributed by atoms with Gasteiger partial charge in [0.1, 0.15) is 0 Å². The Kier molecular flexibility index (Phi) is 4.96. The minimum Gasteiger partial charge on any atom is -0.437 e. The van der Waals surface area contributed by atoms with Crippen LogP contribution in [0.15, 0.2) is 35.1 Å². The molecule has 0 saturated carbocycles. The number of halogens is 1. The lowest BCUT2D eigenvalue weighted by atomic mass is 10.1. The number of pyridine rings is 2. The van der Waals surface area contributed by atoms with E-state index in [1.807, 2.05) is 25.1 Å². The van der Waals surface area contributed by atoms with Gasteiger partial charge in [0.2, 0.25) is 5.88 Å². The van der Waals surface area contributed by atoms with Crippen molar-refractivity contribution in [3.63, 3.8) is 0 Å². The van der Waals surface area contributed by atoms with Crippen LogP contribution in [-0.4, -0.2) is 15.5 Å². The van der Waals surface area contributed by atoms with Crippen LogP contribution in [0.25, 0.3) is 0 Å². The predicted molar refractivity (Wildman–Crippen MR) is 87.6 cm³/mol. The summed E-state index contributed by atoms with van der Waals surface area (Å²) in [6.45, 7) is 8.99. The Bertz CT molecular complexity index is 623. The molecule has 4 nitrogen and oxygen atoms in total. The summed E-state index contributed by atoms with van der Waals surface area (Å²) in [5.74, 6) is 1.33. The summed E-state index contributed by atoms with van der Waals surface area (Å²) in [6.07, 6.45) is 3.49. The summed E-state index contributed by atoms with van der Waals surface area (Å²) in [7, 11) is 0. The molecule has 2 heterocycles. The Morgan fingerprint density at radius 1 is 1.29 bits per heavy atom. The second-order valence-corrected chi connectivity index (χ2v) is 6.83. The van der Waals surface area contributed by atoms with Crippen LogP contribution in [0, 0.1) is 6.92 Å². The van der Waals surface area contributed by atoms with E-state index in [1.165, 1.54) is 0 Å². The van der Waals surface area contributed by atoms with Gasteiger partial charge in [0.15, 0.2) is 5.75 Å². The van der Waals surface area contributed by atoms with Crippen molar-refractivity contribution in [1.29, 1.82) is 0 Å². The number of hydrogen-bond acceptors (Lipinski definition) is 4. The van der Waals surface area contributed by atoms with Gasteiger partial charge in [-0.25, -0.2) is 4.98 Å². The van der Waals surface area contributed by atoms with E-state index in [4.69, 9.17) is 4.74 Å². The van der Waals surface area contributed by atoms with Crippen molar-refractivity contribution in [2.75, 3.05) is 0 Å². The molecule has 2 rings (SSSR count). The third-order valence-electron chi connectivity index (χ3n) is 2.87. The van der Waals surface area contributed by atoms with Gasteiger partial charge in [-0.2, -0.15) is 0 Å². The third kappa shape index (κ3) is 4.79. The first-order valence-corrected chi connectivity index (χ1v) is 7.63. The lowest BCUT2D eigenvalue weighted by Gasteiger charge is -2.21. The fourth-order valence-corrected chi connectivity index (χ4v) is 2.11. The van der Waals surface area contributed by atoms with Crippen molar-refractivity contribution in [3.8, 4) is 11.6 Å². The number of hydrogen-bond donors (Lipinski definition) is 1. The van der Waals surface area contributed by atoms with Gasteiger partial charge >= 0.3 is 0 Å². The van der Waals surface area contributed by atoms with Gasteiger partial charge in [0.05, 0.1) is 5.69 Å². The van der Waals surface area contributed by atoms with E-state index in [9.17, 15) is 0 Å². The highest BCUT2D eigenvalue weighted by Crippen LogP contribution is 2.27. The van der Waals surface area contributed by atoms with Crippen LogP contribution in [0.4, 0.5) is 0 Å².